The molecule has 11 heteroatoms. The second-order valence-electron chi connectivity index (χ2n) is 6.44. The van der Waals surface area contributed by atoms with Gasteiger partial charge in [-0.3, -0.25) is 4.79 Å². The Labute approximate surface area is 170 Å². The molecule has 1 saturated heterocycles. The molecule has 3 N–H and O–H groups in total. The summed E-state index contributed by atoms with van der Waals surface area (Å²) in [6.07, 6.45) is 3.22. The Bertz CT molecular complexity index is 1040. The summed E-state index contributed by atoms with van der Waals surface area (Å²) in [4.78, 5) is 48.7. The van der Waals surface area contributed by atoms with Crippen LogP contribution in [0.1, 0.15) is 22.8 Å². The fourth-order valence-corrected chi connectivity index (χ4v) is 3.61. The molecule has 10 nitrogen and oxygen atoms in total. The average Bonchev–Trinajstić information content (AvgIpc) is 3.08. The van der Waals surface area contributed by atoms with Gasteiger partial charge in [-0.05, 0) is 37.0 Å². The number of nitrogens with zero attached hydrogens (tertiary/aromatic N) is 4. The van der Waals surface area contributed by atoms with Crippen LogP contribution in [0, 0.1) is 12.8 Å². The van der Waals surface area contributed by atoms with Crippen LogP contribution in [-0.2, 0) is 4.79 Å². The van der Waals surface area contributed by atoms with E-state index in [9.17, 15) is 19.5 Å². The van der Waals surface area contributed by atoms with E-state index in [-0.39, 0.29) is 11.5 Å². The van der Waals surface area contributed by atoms with Crippen LogP contribution < -0.4 is 15.6 Å². The van der Waals surface area contributed by atoms with E-state index < -0.39 is 17.0 Å². The Hall–Kier alpha value is -3.34. The molecule has 0 amide bonds. The monoisotopic (exact) mass is 416 g/mol. The number of aromatic nitrogens is 4. The summed E-state index contributed by atoms with van der Waals surface area (Å²) in [5.41, 5.74) is -0.504. The minimum atomic E-state index is -1.38. The summed E-state index contributed by atoms with van der Waals surface area (Å²) in [6, 6.07) is 1.72. The number of nitrogens with one attached hydrogen (secondary N) is 2. The largest absolute Gasteiger partial charge is 0.477 e. The first-order chi connectivity index (χ1) is 13.9. The number of hydrogen-bond acceptors (Lipinski definition) is 9. The van der Waals surface area contributed by atoms with Gasteiger partial charge in [0.1, 0.15) is 22.7 Å². The van der Waals surface area contributed by atoms with Gasteiger partial charge in [0.2, 0.25) is 11.4 Å². The molecule has 2 aromatic heterocycles. The maximum atomic E-state index is 13.1. The molecular weight excluding hydrogens is 396 g/mol. The summed E-state index contributed by atoms with van der Waals surface area (Å²) in [7, 11) is 0. The molecule has 1 fully saturated rings. The average molecular weight is 416 g/mol. The fraction of sp³-hybridized carbons (Fsp3) is 0.333. The topological polar surface area (TPSA) is 141 Å². The maximum absolute atomic E-state index is 13.1. The number of carbonyl (C=O) groups is 2. The van der Waals surface area contributed by atoms with Crippen molar-refractivity contribution in [2.75, 3.05) is 29.9 Å². The smallest absolute Gasteiger partial charge is 0.341 e. The van der Waals surface area contributed by atoms with Crippen molar-refractivity contribution in [2.24, 2.45) is 5.92 Å². The van der Waals surface area contributed by atoms with Crippen molar-refractivity contribution >= 4 is 35.6 Å². The minimum Gasteiger partial charge on any atom is -0.477 e. The normalized spacial score (nSPS) is 13.4. The Morgan fingerprint density at radius 2 is 2.24 bits per heavy atom. The highest BCUT2D eigenvalue weighted by Crippen LogP contribution is 2.26. The van der Waals surface area contributed by atoms with Crippen LogP contribution in [0.25, 0.3) is 10.6 Å². The van der Waals surface area contributed by atoms with Crippen molar-refractivity contribution in [3.8, 4) is 10.6 Å². The third-order valence-corrected chi connectivity index (χ3v) is 5.09. The second-order valence-corrected chi connectivity index (χ2v) is 7.19. The van der Waals surface area contributed by atoms with Crippen LogP contribution in [0.5, 0.6) is 0 Å². The number of carbonyl (C=O) groups excluding carboxylic acids is 1. The highest BCUT2D eigenvalue weighted by Gasteiger charge is 2.27. The maximum Gasteiger partial charge on any atom is 0.341 e. The SMILES string of the molecule is CCNc1nsc(-c2c(C)cc(N3CC(C=O)C3)[nH]cncc(C(=O)O)c2=O)n1. The number of hydrogen-bond donors (Lipinski definition) is 3. The van der Waals surface area contributed by atoms with Crippen LogP contribution in [0.15, 0.2) is 23.4 Å². The first-order valence-corrected chi connectivity index (χ1v) is 9.69. The number of carboxylic acids is 1. The van der Waals surface area contributed by atoms with E-state index >= 15 is 0 Å². The molecule has 3 heterocycles. The number of aryl methyl sites for hydroxylation is 1. The summed E-state index contributed by atoms with van der Waals surface area (Å²) in [6.45, 7) is 5.30. The van der Waals surface area contributed by atoms with Crippen molar-refractivity contribution in [3.05, 3.63) is 39.9 Å². The first-order valence-electron chi connectivity index (χ1n) is 8.91. The van der Waals surface area contributed by atoms with Gasteiger partial charge in [-0.15, -0.1) is 0 Å². The third-order valence-electron chi connectivity index (χ3n) is 4.36. The lowest BCUT2D eigenvalue weighted by molar-refractivity contribution is -0.111. The van der Waals surface area contributed by atoms with E-state index in [2.05, 4.69) is 24.6 Å². The van der Waals surface area contributed by atoms with Crippen LogP contribution >= 0.6 is 11.5 Å². The zero-order chi connectivity index (χ0) is 21.0. The van der Waals surface area contributed by atoms with Crippen LogP contribution in [0.2, 0.25) is 0 Å². The zero-order valence-corrected chi connectivity index (χ0v) is 16.7. The van der Waals surface area contributed by atoms with Crippen molar-refractivity contribution in [1.82, 2.24) is 19.3 Å². The van der Waals surface area contributed by atoms with Gasteiger partial charge in [-0.2, -0.15) is 9.36 Å². The number of carboxylic acid groups (broad SMARTS) is 1. The second kappa shape index (κ2) is 8.78. The molecular formula is C18H20N6O4S. The molecule has 0 unspecified atom stereocenters. The van der Waals surface area contributed by atoms with E-state index in [1.54, 1.807) is 13.0 Å². The molecule has 0 radical (unpaired) electrons. The predicted molar refractivity (Wildman–Crippen MR) is 109 cm³/mol. The molecule has 29 heavy (non-hydrogen) atoms. The van der Waals surface area contributed by atoms with Gasteiger partial charge in [0, 0.05) is 31.7 Å². The van der Waals surface area contributed by atoms with E-state index in [4.69, 9.17) is 0 Å². The first kappa shape index (κ1) is 20.4. The molecule has 2 aromatic rings. The van der Waals surface area contributed by atoms with Gasteiger partial charge in [0.15, 0.2) is 0 Å². The Kier molecular flexibility index (Phi) is 6.17. The lowest BCUT2D eigenvalue weighted by atomic mass is 10.0. The molecule has 0 aliphatic carbocycles. The number of aromatic amines is 1. The van der Waals surface area contributed by atoms with Gasteiger partial charge < -0.3 is 25.1 Å². The molecule has 0 aromatic carbocycles. The summed E-state index contributed by atoms with van der Waals surface area (Å²) >= 11 is 1.01. The fourth-order valence-electron chi connectivity index (χ4n) is 2.86. The predicted octanol–water partition coefficient (Wildman–Crippen LogP) is 1.49. The molecule has 0 saturated carbocycles. The number of aromatic carboxylic acids is 1. The van der Waals surface area contributed by atoms with Gasteiger partial charge >= 0.3 is 5.97 Å². The number of H-pyrrole nitrogens is 1. The third kappa shape index (κ3) is 4.40. The Morgan fingerprint density at radius 3 is 2.90 bits per heavy atom. The van der Waals surface area contributed by atoms with Crippen molar-refractivity contribution in [2.45, 2.75) is 13.8 Å². The van der Waals surface area contributed by atoms with Crippen molar-refractivity contribution in [3.63, 3.8) is 0 Å². The number of aldehydes is 1. The molecule has 3 rings (SSSR count). The quantitative estimate of drug-likeness (QED) is 0.597. The van der Waals surface area contributed by atoms with Crippen LogP contribution in [0.3, 0.4) is 0 Å². The lowest BCUT2D eigenvalue weighted by Crippen LogP contribution is -2.47. The molecule has 0 spiro atoms. The minimum absolute atomic E-state index is 0.0419. The Morgan fingerprint density at radius 1 is 1.48 bits per heavy atom. The van der Waals surface area contributed by atoms with Gasteiger partial charge in [0.05, 0.1) is 11.9 Å². The Balaban J connectivity index is 2.23. The van der Waals surface area contributed by atoms with Gasteiger partial charge in [0.25, 0.3) is 0 Å². The number of anilines is 2. The standard InChI is InChI=1S/C18H20N6O4S/c1-3-20-18-22-16(29-23-18)14-10(2)4-13(24-6-11(7-24)8-25)21-9-19-5-12(15(14)26)17(27)28/h4-5,8-9,11H,3,6-7H2,1-2H3,(H,19,21)(H,20,23)(H,27,28). The van der Waals surface area contributed by atoms with E-state index in [1.807, 2.05) is 11.8 Å². The van der Waals surface area contributed by atoms with E-state index in [0.717, 1.165) is 24.0 Å². The molecule has 0 bridgehead atoms. The summed E-state index contributed by atoms with van der Waals surface area (Å²) < 4.78 is 4.17. The molecule has 152 valence electrons. The highest BCUT2D eigenvalue weighted by atomic mass is 32.1. The van der Waals surface area contributed by atoms with Gasteiger partial charge in [-0.1, -0.05) is 0 Å². The molecule has 1 aliphatic heterocycles. The number of rotatable bonds is 6. The zero-order valence-electron chi connectivity index (χ0n) is 15.9. The lowest BCUT2D eigenvalue weighted by Gasteiger charge is -2.37. The summed E-state index contributed by atoms with van der Waals surface area (Å²) in [5.74, 6) is -0.399. The van der Waals surface area contributed by atoms with Crippen LogP contribution in [-0.4, -0.2) is 56.3 Å². The van der Waals surface area contributed by atoms with Gasteiger partial charge in [-0.25, -0.2) is 9.78 Å². The van der Waals surface area contributed by atoms with Crippen LogP contribution in [0.4, 0.5) is 11.8 Å². The molecule has 0 atom stereocenters. The van der Waals surface area contributed by atoms with E-state index in [1.165, 1.54) is 6.33 Å². The van der Waals surface area contributed by atoms with Crippen molar-refractivity contribution < 1.29 is 14.7 Å². The summed E-state index contributed by atoms with van der Waals surface area (Å²) in [5, 5.41) is 12.7. The van der Waals surface area contributed by atoms with Crippen molar-refractivity contribution in [1.29, 1.82) is 0 Å². The molecule has 1 aliphatic rings. The van der Waals surface area contributed by atoms with E-state index in [0.29, 0.717) is 42.0 Å². The highest BCUT2D eigenvalue weighted by molar-refractivity contribution is 7.09.